The van der Waals surface area contributed by atoms with Crippen molar-refractivity contribution >= 4 is 17.7 Å². The molecule has 0 saturated carbocycles. The predicted octanol–water partition coefficient (Wildman–Crippen LogP) is 2.67. The van der Waals surface area contributed by atoms with E-state index in [9.17, 15) is 4.79 Å². The molecular weight excluding hydrogens is 260 g/mol. The number of carbonyl (C=O) groups is 1. The Balaban J connectivity index is 1.95. The number of ether oxygens (including phenoxy) is 1. The predicted molar refractivity (Wildman–Crippen MR) is 76.4 cm³/mol. The highest BCUT2D eigenvalue weighted by atomic mass is 32.2. The summed E-state index contributed by atoms with van der Waals surface area (Å²) in [7, 11) is 1.42. The van der Waals surface area contributed by atoms with Gasteiger partial charge >= 0.3 is 5.97 Å². The molecule has 0 bridgehead atoms. The van der Waals surface area contributed by atoms with E-state index in [4.69, 9.17) is 0 Å². The van der Waals surface area contributed by atoms with Gasteiger partial charge in [-0.2, -0.15) is 11.8 Å². The van der Waals surface area contributed by atoms with E-state index < -0.39 is 0 Å². The maximum atomic E-state index is 11.0. The summed E-state index contributed by atoms with van der Waals surface area (Å²) in [5.41, 5.74) is 2.36. The quantitative estimate of drug-likeness (QED) is 0.601. The van der Waals surface area contributed by atoms with Gasteiger partial charge in [0, 0.05) is 23.9 Å². The number of hydrogen-bond acceptors (Lipinski definition) is 4. The lowest BCUT2D eigenvalue weighted by Crippen LogP contribution is -2.02. The number of esters is 1. The number of imidazole rings is 1. The van der Waals surface area contributed by atoms with Gasteiger partial charge in [0.05, 0.1) is 25.5 Å². The van der Waals surface area contributed by atoms with Crippen molar-refractivity contribution in [1.29, 1.82) is 0 Å². The van der Waals surface area contributed by atoms with Gasteiger partial charge in [0.25, 0.3) is 0 Å². The molecule has 2 rings (SSSR count). The van der Waals surface area contributed by atoms with Gasteiger partial charge in [-0.05, 0) is 11.6 Å². The van der Waals surface area contributed by atoms with Crippen molar-refractivity contribution in [3.8, 4) is 5.69 Å². The van der Waals surface area contributed by atoms with Crippen molar-refractivity contribution in [3.05, 3.63) is 48.5 Å². The molecule has 0 spiro atoms. The van der Waals surface area contributed by atoms with Gasteiger partial charge in [0.2, 0.25) is 0 Å². The Labute approximate surface area is 116 Å². The van der Waals surface area contributed by atoms with E-state index >= 15 is 0 Å². The third-order valence-corrected chi connectivity index (χ3v) is 3.72. The Morgan fingerprint density at radius 3 is 3.00 bits per heavy atom. The fraction of sp³-hybridized carbons (Fsp3) is 0.286. The summed E-state index contributed by atoms with van der Waals surface area (Å²) in [5, 5.41) is 0. The van der Waals surface area contributed by atoms with Gasteiger partial charge < -0.3 is 9.30 Å². The van der Waals surface area contributed by atoms with Crippen molar-refractivity contribution < 1.29 is 9.53 Å². The third-order valence-electron chi connectivity index (χ3n) is 2.71. The summed E-state index contributed by atoms with van der Waals surface area (Å²) in [4.78, 5) is 15.1. The molecule has 0 atom stereocenters. The van der Waals surface area contributed by atoms with Crippen molar-refractivity contribution in [2.75, 3.05) is 12.9 Å². The fourth-order valence-corrected chi connectivity index (χ4v) is 2.65. The Hall–Kier alpha value is -1.75. The lowest BCUT2D eigenvalue weighted by molar-refractivity contribution is -0.140. The molecule has 4 nitrogen and oxygen atoms in total. The molecule has 0 N–H and O–H groups in total. The molecule has 5 heteroatoms. The monoisotopic (exact) mass is 276 g/mol. The molecule has 0 aliphatic rings. The standard InChI is InChI=1S/C14H16N2O2S/c1-18-14(17)6-9-19-10-12-4-2-3-5-13(12)16-8-7-15-11-16/h2-5,7-8,11H,6,9-10H2,1H3. The van der Waals surface area contributed by atoms with Crippen LogP contribution in [-0.2, 0) is 15.3 Å². The van der Waals surface area contributed by atoms with Crippen molar-refractivity contribution in [2.45, 2.75) is 12.2 Å². The molecule has 0 saturated heterocycles. The topological polar surface area (TPSA) is 44.1 Å². The Kier molecular flexibility index (Phi) is 5.03. The number of benzene rings is 1. The molecule has 0 unspecified atom stereocenters. The first kappa shape index (κ1) is 13.7. The minimum Gasteiger partial charge on any atom is -0.469 e. The SMILES string of the molecule is COC(=O)CCSCc1ccccc1-n1ccnc1. The molecule has 0 aliphatic heterocycles. The minimum atomic E-state index is -0.157. The zero-order valence-electron chi connectivity index (χ0n) is 10.8. The van der Waals surface area contributed by atoms with Crippen LogP contribution in [0.3, 0.4) is 0 Å². The van der Waals surface area contributed by atoms with Crippen molar-refractivity contribution in [2.24, 2.45) is 0 Å². The average molecular weight is 276 g/mol. The van der Waals surface area contributed by atoms with E-state index in [0.717, 1.165) is 17.2 Å². The second-order valence-corrected chi connectivity index (χ2v) is 5.08. The fourth-order valence-electron chi connectivity index (χ4n) is 1.73. The van der Waals surface area contributed by atoms with E-state index in [2.05, 4.69) is 21.9 Å². The number of para-hydroxylation sites is 1. The van der Waals surface area contributed by atoms with Gasteiger partial charge in [0.15, 0.2) is 0 Å². The first-order valence-electron chi connectivity index (χ1n) is 6.02. The maximum Gasteiger partial charge on any atom is 0.306 e. The van der Waals surface area contributed by atoms with E-state index in [-0.39, 0.29) is 5.97 Å². The van der Waals surface area contributed by atoms with E-state index in [1.807, 2.05) is 22.9 Å². The average Bonchev–Trinajstić information content (AvgIpc) is 2.97. The van der Waals surface area contributed by atoms with Crippen LogP contribution in [0.25, 0.3) is 5.69 Å². The van der Waals surface area contributed by atoms with Crippen LogP contribution in [0.1, 0.15) is 12.0 Å². The van der Waals surface area contributed by atoms with Crippen LogP contribution in [0.2, 0.25) is 0 Å². The lowest BCUT2D eigenvalue weighted by Gasteiger charge is -2.09. The smallest absolute Gasteiger partial charge is 0.306 e. The largest absolute Gasteiger partial charge is 0.469 e. The molecule has 100 valence electrons. The summed E-state index contributed by atoms with van der Waals surface area (Å²) in [6.07, 6.45) is 5.94. The lowest BCUT2D eigenvalue weighted by atomic mass is 10.2. The molecule has 2 aromatic rings. The summed E-state index contributed by atoms with van der Waals surface area (Å²) in [5.74, 6) is 1.48. The molecule has 1 aromatic heterocycles. The summed E-state index contributed by atoms with van der Waals surface area (Å²) in [6.45, 7) is 0. The summed E-state index contributed by atoms with van der Waals surface area (Å²) >= 11 is 1.73. The molecule has 0 fully saturated rings. The molecule has 19 heavy (non-hydrogen) atoms. The Bertz CT molecular complexity index is 526. The molecule has 0 radical (unpaired) electrons. The third kappa shape index (κ3) is 3.86. The zero-order chi connectivity index (χ0) is 13.5. The molecule has 1 aromatic carbocycles. The van der Waals surface area contributed by atoms with Crippen LogP contribution in [0, 0.1) is 0 Å². The highest BCUT2D eigenvalue weighted by molar-refractivity contribution is 7.98. The highest BCUT2D eigenvalue weighted by Crippen LogP contribution is 2.20. The van der Waals surface area contributed by atoms with Gasteiger partial charge in [-0.15, -0.1) is 0 Å². The van der Waals surface area contributed by atoms with E-state index in [0.29, 0.717) is 6.42 Å². The number of carbonyl (C=O) groups excluding carboxylic acids is 1. The first-order chi connectivity index (χ1) is 9.31. The van der Waals surface area contributed by atoms with E-state index in [1.54, 1.807) is 24.3 Å². The zero-order valence-corrected chi connectivity index (χ0v) is 11.6. The normalized spacial score (nSPS) is 10.4. The van der Waals surface area contributed by atoms with Gasteiger partial charge in [-0.1, -0.05) is 18.2 Å². The van der Waals surface area contributed by atoms with Crippen LogP contribution in [0.4, 0.5) is 0 Å². The van der Waals surface area contributed by atoms with Gasteiger partial charge in [0.1, 0.15) is 0 Å². The number of rotatable bonds is 6. The minimum absolute atomic E-state index is 0.157. The van der Waals surface area contributed by atoms with Crippen molar-refractivity contribution in [3.63, 3.8) is 0 Å². The summed E-state index contributed by atoms with van der Waals surface area (Å²) < 4.78 is 6.62. The first-order valence-corrected chi connectivity index (χ1v) is 7.17. The Morgan fingerprint density at radius 1 is 1.42 bits per heavy atom. The van der Waals surface area contributed by atoms with Crippen LogP contribution in [0.15, 0.2) is 43.0 Å². The molecular formula is C14H16N2O2S. The number of aromatic nitrogens is 2. The number of hydrogen-bond donors (Lipinski definition) is 0. The number of thioether (sulfide) groups is 1. The van der Waals surface area contributed by atoms with Gasteiger partial charge in [-0.3, -0.25) is 4.79 Å². The van der Waals surface area contributed by atoms with Crippen molar-refractivity contribution in [1.82, 2.24) is 9.55 Å². The summed E-state index contributed by atoms with van der Waals surface area (Å²) in [6, 6.07) is 8.20. The number of nitrogens with zero attached hydrogens (tertiary/aromatic N) is 2. The maximum absolute atomic E-state index is 11.0. The number of methoxy groups -OCH3 is 1. The second kappa shape index (κ2) is 6.99. The van der Waals surface area contributed by atoms with E-state index in [1.165, 1.54) is 12.7 Å². The van der Waals surface area contributed by atoms with Crippen LogP contribution < -0.4 is 0 Å². The van der Waals surface area contributed by atoms with Gasteiger partial charge in [-0.25, -0.2) is 4.98 Å². The highest BCUT2D eigenvalue weighted by Gasteiger charge is 2.05. The Morgan fingerprint density at radius 2 is 2.26 bits per heavy atom. The second-order valence-electron chi connectivity index (χ2n) is 3.98. The van der Waals surface area contributed by atoms with Crippen LogP contribution in [-0.4, -0.2) is 28.4 Å². The van der Waals surface area contributed by atoms with Crippen LogP contribution >= 0.6 is 11.8 Å². The molecule has 0 aliphatic carbocycles. The molecule has 1 heterocycles. The van der Waals surface area contributed by atoms with Crippen LogP contribution in [0.5, 0.6) is 0 Å². The molecule has 0 amide bonds.